The van der Waals surface area contributed by atoms with Crippen molar-refractivity contribution in [3.63, 3.8) is 0 Å². The number of aliphatic imine (C=N–C) groups is 1. The first-order chi connectivity index (χ1) is 10.5. The number of nitrogens with zero attached hydrogens (tertiary/aromatic N) is 2. The van der Waals surface area contributed by atoms with Gasteiger partial charge in [-0.1, -0.05) is 6.07 Å². The molecule has 1 aromatic heterocycles. The van der Waals surface area contributed by atoms with Crippen LogP contribution >= 0.6 is 35.3 Å². The van der Waals surface area contributed by atoms with Crippen LogP contribution in [0.1, 0.15) is 11.3 Å². The van der Waals surface area contributed by atoms with Gasteiger partial charge in [-0.05, 0) is 30.3 Å². The number of halogens is 4. The van der Waals surface area contributed by atoms with E-state index in [2.05, 4.69) is 15.6 Å². The van der Waals surface area contributed by atoms with Crippen molar-refractivity contribution in [3.05, 3.63) is 22.4 Å². The van der Waals surface area contributed by atoms with Gasteiger partial charge in [0.25, 0.3) is 0 Å². The molecule has 0 radical (unpaired) electrons. The fourth-order valence-corrected chi connectivity index (χ4v) is 3.17. The van der Waals surface area contributed by atoms with Crippen LogP contribution in [0.4, 0.5) is 13.2 Å². The van der Waals surface area contributed by atoms with Crippen molar-refractivity contribution in [1.29, 1.82) is 0 Å². The fraction of sp³-hybridized carbons (Fsp3) is 0.643. The first-order valence-corrected chi connectivity index (χ1v) is 8.10. The van der Waals surface area contributed by atoms with Crippen molar-refractivity contribution in [1.82, 2.24) is 15.5 Å². The van der Waals surface area contributed by atoms with Crippen LogP contribution in [0.2, 0.25) is 0 Å². The van der Waals surface area contributed by atoms with Gasteiger partial charge in [-0.15, -0.1) is 35.3 Å². The van der Waals surface area contributed by atoms with Crippen molar-refractivity contribution in [2.75, 3.05) is 33.2 Å². The average molecular weight is 462 g/mol. The number of rotatable bonds is 5. The smallest absolute Gasteiger partial charge is 0.356 e. The summed E-state index contributed by atoms with van der Waals surface area (Å²) in [5.41, 5.74) is 0. The van der Waals surface area contributed by atoms with E-state index in [1.165, 1.54) is 9.78 Å². The van der Waals surface area contributed by atoms with Gasteiger partial charge >= 0.3 is 6.18 Å². The molecule has 1 fully saturated rings. The molecule has 1 atom stereocenters. The highest BCUT2D eigenvalue weighted by atomic mass is 127. The molecule has 1 unspecified atom stereocenters. The van der Waals surface area contributed by atoms with Crippen LogP contribution in [-0.4, -0.2) is 50.3 Å². The van der Waals surface area contributed by atoms with Crippen molar-refractivity contribution >= 4 is 41.3 Å². The second-order valence-electron chi connectivity index (χ2n) is 5.39. The molecule has 0 amide bonds. The molecule has 0 aliphatic carbocycles. The van der Waals surface area contributed by atoms with Gasteiger partial charge in [0.1, 0.15) is 0 Å². The van der Waals surface area contributed by atoms with E-state index in [0.717, 1.165) is 6.42 Å². The van der Waals surface area contributed by atoms with Gasteiger partial charge in [-0.3, -0.25) is 9.89 Å². The molecular formula is C14H22F3IN4S. The monoisotopic (exact) mass is 462 g/mol. The normalized spacial score (nSPS) is 19.5. The van der Waals surface area contributed by atoms with Crippen LogP contribution in [0, 0.1) is 5.92 Å². The Morgan fingerprint density at radius 1 is 1.43 bits per heavy atom. The lowest BCUT2D eigenvalue weighted by molar-refractivity contribution is -0.143. The van der Waals surface area contributed by atoms with E-state index in [1.807, 2.05) is 17.5 Å². The molecule has 0 aromatic carbocycles. The van der Waals surface area contributed by atoms with Gasteiger partial charge in [0.05, 0.1) is 13.1 Å². The van der Waals surface area contributed by atoms with Gasteiger partial charge in [-0.25, -0.2) is 0 Å². The predicted molar refractivity (Wildman–Crippen MR) is 98.5 cm³/mol. The SMILES string of the molecule is CN=C(NCc1cccs1)NCC1CCN(CC(F)(F)F)C1.I. The lowest BCUT2D eigenvalue weighted by atomic mass is 10.1. The Labute approximate surface area is 155 Å². The van der Waals surface area contributed by atoms with E-state index in [-0.39, 0.29) is 29.9 Å². The van der Waals surface area contributed by atoms with Crippen molar-refractivity contribution < 1.29 is 13.2 Å². The molecule has 2 N–H and O–H groups in total. The molecular weight excluding hydrogens is 440 g/mol. The van der Waals surface area contributed by atoms with Crippen LogP contribution < -0.4 is 10.6 Å². The maximum Gasteiger partial charge on any atom is 0.401 e. The Balaban J connectivity index is 0.00000264. The summed E-state index contributed by atoms with van der Waals surface area (Å²) in [5.74, 6) is 0.908. The molecule has 1 aliphatic heterocycles. The highest BCUT2D eigenvalue weighted by Crippen LogP contribution is 2.22. The molecule has 2 rings (SSSR count). The third-order valence-corrected chi connectivity index (χ3v) is 4.44. The summed E-state index contributed by atoms with van der Waals surface area (Å²) in [7, 11) is 1.69. The van der Waals surface area contributed by atoms with E-state index in [4.69, 9.17) is 0 Å². The van der Waals surface area contributed by atoms with E-state index in [0.29, 0.717) is 32.1 Å². The summed E-state index contributed by atoms with van der Waals surface area (Å²) in [4.78, 5) is 6.81. The average Bonchev–Trinajstić information content (AvgIpc) is 3.09. The second kappa shape index (κ2) is 9.67. The minimum atomic E-state index is -4.11. The van der Waals surface area contributed by atoms with Gasteiger partial charge < -0.3 is 10.6 Å². The summed E-state index contributed by atoms with van der Waals surface area (Å²) in [6.45, 7) is 1.51. The van der Waals surface area contributed by atoms with Crippen LogP contribution in [0.3, 0.4) is 0 Å². The van der Waals surface area contributed by atoms with Crippen molar-refractivity contribution in [2.24, 2.45) is 10.9 Å². The Kier molecular flexibility index (Phi) is 8.62. The van der Waals surface area contributed by atoms with E-state index in [9.17, 15) is 13.2 Å². The molecule has 132 valence electrons. The molecule has 1 aromatic rings. The number of alkyl halides is 3. The standard InChI is InChI=1S/C14H21F3N4S.HI/c1-18-13(20-8-12-3-2-6-22-12)19-7-11-4-5-21(9-11)10-14(15,16)17;/h2-3,6,11H,4-5,7-10H2,1H3,(H2,18,19,20);1H. The number of hydrogen-bond donors (Lipinski definition) is 2. The zero-order valence-corrected chi connectivity index (χ0v) is 16.0. The van der Waals surface area contributed by atoms with Crippen LogP contribution in [-0.2, 0) is 6.54 Å². The number of nitrogens with one attached hydrogen (secondary N) is 2. The topological polar surface area (TPSA) is 39.7 Å². The highest BCUT2D eigenvalue weighted by Gasteiger charge is 2.34. The largest absolute Gasteiger partial charge is 0.401 e. The minimum absolute atomic E-state index is 0. The Morgan fingerprint density at radius 3 is 2.83 bits per heavy atom. The summed E-state index contributed by atoms with van der Waals surface area (Å²) < 4.78 is 37.1. The molecule has 0 saturated carbocycles. The minimum Gasteiger partial charge on any atom is -0.356 e. The van der Waals surface area contributed by atoms with E-state index < -0.39 is 12.7 Å². The second-order valence-corrected chi connectivity index (χ2v) is 6.42. The highest BCUT2D eigenvalue weighted by molar-refractivity contribution is 14.0. The Bertz CT molecular complexity index is 479. The summed E-state index contributed by atoms with van der Waals surface area (Å²) in [6, 6.07) is 4.03. The third-order valence-electron chi connectivity index (χ3n) is 3.56. The summed E-state index contributed by atoms with van der Waals surface area (Å²) in [5, 5.41) is 8.41. The number of likely N-dealkylation sites (tertiary alicyclic amines) is 1. The molecule has 23 heavy (non-hydrogen) atoms. The molecule has 4 nitrogen and oxygen atoms in total. The maximum atomic E-state index is 12.4. The quantitative estimate of drug-likeness (QED) is 0.402. The first kappa shape index (κ1) is 20.5. The van der Waals surface area contributed by atoms with E-state index >= 15 is 0 Å². The zero-order chi connectivity index (χ0) is 16.0. The molecule has 0 bridgehead atoms. The summed E-state index contributed by atoms with van der Waals surface area (Å²) in [6.07, 6.45) is -3.33. The van der Waals surface area contributed by atoms with Gasteiger partial charge in [0.15, 0.2) is 5.96 Å². The third kappa shape index (κ3) is 7.71. The predicted octanol–water partition coefficient (Wildman–Crippen LogP) is 2.92. The van der Waals surface area contributed by atoms with Crippen LogP contribution in [0.15, 0.2) is 22.5 Å². The number of hydrogen-bond acceptors (Lipinski definition) is 3. The first-order valence-electron chi connectivity index (χ1n) is 7.22. The molecule has 1 aliphatic rings. The van der Waals surface area contributed by atoms with E-state index in [1.54, 1.807) is 18.4 Å². The van der Waals surface area contributed by atoms with Crippen LogP contribution in [0.5, 0.6) is 0 Å². The lowest BCUT2D eigenvalue weighted by Crippen LogP contribution is -2.40. The molecule has 9 heteroatoms. The lowest BCUT2D eigenvalue weighted by Gasteiger charge is -2.18. The fourth-order valence-electron chi connectivity index (χ4n) is 2.52. The van der Waals surface area contributed by atoms with Crippen LogP contribution in [0.25, 0.3) is 0 Å². The van der Waals surface area contributed by atoms with Gasteiger partial charge in [0, 0.05) is 25.0 Å². The molecule has 2 heterocycles. The molecule has 1 saturated heterocycles. The van der Waals surface area contributed by atoms with Gasteiger partial charge in [0.2, 0.25) is 0 Å². The van der Waals surface area contributed by atoms with Crippen molar-refractivity contribution in [3.8, 4) is 0 Å². The Hall–Kier alpha value is -0.550. The van der Waals surface area contributed by atoms with Gasteiger partial charge in [-0.2, -0.15) is 13.2 Å². The summed E-state index contributed by atoms with van der Waals surface area (Å²) >= 11 is 1.67. The maximum absolute atomic E-state index is 12.4. The molecule has 0 spiro atoms. The van der Waals surface area contributed by atoms with Crippen molar-refractivity contribution in [2.45, 2.75) is 19.1 Å². The Morgan fingerprint density at radius 2 is 2.22 bits per heavy atom. The zero-order valence-electron chi connectivity index (χ0n) is 12.9. The number of guanidine groups is 1. The number of thiophene rings is 1.